The number of hydrogen-bond donors (Lipinski definition) is 0. The van der Waals surface area contributed by atoms with Gasteiger partial charge < -0.3 is 14.4 Å². The summed E-state index contributed by atoms with van der Waals surface area (Å²) in [5.41, 5.74) is 2.18. The quantitative estimate of drug-likeness (QED) is 0.847. The van der Waals surface area contributed by atoms with E-state index in [1.807, 2.05) is 53.4 Å². The highest BCUT2D eigenvalue weighted by molar-refractivity contribution is 5.79. The van der Waals surface area contributed by atoms with Crippen molar-refractivity contribution in [2.75, 3.05) is 14.2 Å². The molecular formula is C19H21NO3. The lowest BCUT2D eigenvalue weighted by molar-refractivity contribution is -0.129. The summed E-state index contributed by atoms with van der Waals surface area (Å²) in [6.07, 6.45) is 1.39. The molecule has 0 radical (unpaired) electrons. The molecule has 4 nitrogen and oxygen atoms in total. The average Bonchev–Trinajstić information content (AvgIpc) is 2.96. The van der Waals surface area contributed by atoms with Crippen LogP contribution in [0, 0.1) is 0 Å². The van der Waals surface area contributed by atoms with Gasteiger partial charge in [-0.1, -0.05) is 30.3 Å². The van der Waals surface area contributed by atoms with E-state index in [0.717, 1.165) is 29.0 Å². The molecule has 0 saturated carbocycles. The van der Waals surface area contributed by atoms with Crippen LogP contribution in [0.1, 0.15) is 30.0 Å². The first-order chi connectivity index (χ1) is 11.2. The molecule has 1 amide bonds. The van der Waals surface area contributed by atoms with Crippen LogP contribution in [0.5, 0.6) is 11.5 Å². The number of rotatable bonds is 5. The summed E-state index contributed by atoms with van der Waals surface area (Å²) < 4.78 is 10.8. The molecule has 1 saturated heterocycles. The van der Waals surface area contributed by atoms with E-state index in [1.165, 1.54) is 0 Å². The van der Waals surface area contributed by atoms with Crippen LogP contribution in [0.4, 0.5) is 0 Å². The van der Waals surface area contributed by atoms with Crippen molar-refractivity contribution in [3.63, 3.8) is 0 Å². The number of benzene rings is 2. The first-order valence-electron chi connectivity index (χ1n) is 7.78. The van der Waals surface area contributed by atoms with Crippen LogP contribution in [0.3, 0.4) is 0 Å². The van der Waals surface area contributed by atoms with Gasteiger partial charge in [-0.05, 0) is 24.1 Å². The molecular weight excluding hydrogens is 290 g/mol. The van der Waals surface area contributed by atoms with Crippen LogP contribution in [-0.2, 0) is 11.3 Å². The fraction of sp³-hybridized carbons (Fsp3) is 0.316. The Morgan fingerprint density at radius 2 is 1.87 bits per heavy atom. The van der Waals surface area contributed by atoms with Crippen molar-refractivity contribution >= 4 is 5.91 Å². The van der Waals surface area contributed by atoms with Crippen molar-refractivity contribution in [2.24, 2.45) is 0 Å². The molecule has 3 rings (SSSR count). The minimum Gasteiger partial charge on any atom is -0.497 e. The molecule has 0 aromatic heterocycles. The van der Waals surface area contributed by atoms with E-state index in [0.29, 0.717) is 13.0 Å². The van der Waals surface area contributed by atoms with E-state index < -0.39 is 0 Å². The molecule has 23 heavy (non-hydrogen) atoms. The Morgan fingerprint density at radius 1 is 1.09 bits per heavy atom. The second-order valence-corrected chi connectivity index (χ2v) is 5.67. The lowest BCUT2D eigenvalue weighted by atomic mass is 10.0. The van der Waals surface area contributed by atoms with Gasteiger partial charge in [-0.2, -0.15) is 0 Å². The first kappa shape index (κ1) is 15.4. The molecule has 0 aliphatic carbocycles. The minimum absolute atomic E-state index is 0.0450. The van der Waals surface area contributed by atoms with E-state index in [9.17, 15) is 4.79 Å². The standard InChI is InChI=1S/C19H21NO3/c1-22-15-8-9-16(18(12-15)23-2)17-10-11-19(21)20(17)13-14-6-4-3-5-7-14/h3-9,12,17H,10-11,13H2,1-2H3. The molecule has 1 aliphatic heterocycles. The van der Waals surface area contributed by atoms with E-state index >= 15 is 0 Å². The third kappa shape index (κ3) is 3.16. The first-order valence-corrected chi connectivity index (χ1v) is 7.78. The molecule has 4 heteroatoms. The lowest BCUT2D eigenvalue weighted by Crippen LogP contribution is -2.27. The number of likely N-dealkylation sites (tertiary alicyclic amines) is 1. The molecule has 1 unspecified atom stereocenters. The van der Waals surface area contributed by atoms with Gasteiger partial charge in [-0.15, -0.1) is 0 Å². The largest absolute Gasteiger partial charge is 0.497 e. The monoisotopic (exact) mass is 311 g/mol. The Hall–Kier alpha value is -2.49. The van der Waals surface area contributed by atoms with Crippen molar-refractivity contribution in [1.29, 1.82) is 0 Å². The van der Waals surface area contributed by atoms with Crippen LogP contribution < -0.4 is 9.47 Å². The van der Waals surface area contributed by atoms with E-state index in [2.05, 4.69) is 0 Å². The zero-order chi connectivity index (χ0) is 16.2. The van der Waals surface area contributed by atoms with Crippen LogP contribution in [-0.4, -0.2) is 25.0 Å². The van der Waals surface area contributed by atoms with Crippen molar-refractivity contribution in [2.45, 2.75) is 25.4 Å². The predicted molar refractivity (Wildman–Crippen MR) is 88.5 cm³/mol. The maximum atomic E-state index is 12.3. The van der Waals surface area contributed by atoms with Crippen LogP contribution in [0.2, 0.25) is 0 Å². The van der Waals surface area contributed by atoms with Crippen molar-refractivity contribution in [3.05, 3.63) is 59.7 Å². The normalized spacial score (nSPS) is 17.4. The topological polar surface area (TPSA) is 38.8 Å². The number of nitrogens with zero attached hydrogens (tertiary/aromatic N) is 1. The van der Waals surface area contributed by atoms with Crippen LogP contribution in [0.25, 0.3) is 0 Å². The molecule has 120 valence electrons. The molecule has 2 aromatic rings. The van der Waals surface area contributed by atoms with Gasteiger partial charge >= 0.3 is 0 Å². The molecule has 0 bridgehead atoms. The third-order valence-corrected chi connectivity index (χ3v) is 4.32. The van der Waals surface area contributed by atoms with E-state index in [1.54, 1.807) is 14.2 Å². The smallest absolute Gasteiger partial charge is 0.223 e. The Bertz CT molecular complexity index is 684. The Labute approximate surface area is 136 Å². The molecule has 0 N–H and O–H groups in total. The van der Waals surface area contributed by atoms with Gasteiger partial charge in [0.2, 0.25) is 5.91 Å². The van der Waals surface area contributed by atoms with Gasteiger partial charge in [0, 0.05) is 24.6 Å². The lowest BCUT2D eigenvalue weighted by Gasteiger charge is -2.26. The minimum atomic E-state index is 0.0450. The average molecular weight is 311 g/mol. The molecule has 1 heterocycles. The third-order valence-electron chi connectivity index (χ3n) is 4.32. The summed E-state index contributed by atoms with van der Waals surface area (Å²) in [6, 6.07) is 15.9. The summed E-state index contributed by atoms with van der Waals surface area (Å²) in [4.78, 5) is 14.3. The summed E-state index contributed by atoms with van der Waals surface area (Å²) in [7, 11) is 3.28. The summed E-state index contributed by atoms with van der Waals surface area (Å²) in [6.45, 7) is 0.625. The SMILES string of the molecule is COc1ccc(C2CCC(=O)N2Cc2ccccc2)c(OC)c1. The van der Waals surface area contributed by atoms with Crippen molar-refractivity contribution < 1.29 is 14.3 Å². The number of carbonyl (C=O) groups excluding carboxylic acids is 1. The van der Waals surface area contributed by atoms with Gasteiger partial charge in [0.25, 0.3) is 0 Å². The summed E-state index contributed by atoms with van der Waals surface area (Å²) >= 11 is 0. The zero-order valence-electron chi connectivity index (χ0n) is 13.5. The zero-order valence-corrected chi connectivity index (χ0v) is 13.5. The van der Waals surface area contributed by atoms with E-state index in [-0.39, 0.29) is 11.9 Å². The second kappa shape index (κ2) is 6.73. The number of hydrogen-bond acceptors (Lipinski definition) is 3. The molecule has 1 atom stereocenters. The van der Waals surface area contributed by atoms with Crippen molar-refractivity contribution in [3.8, 4) is 11.5 Å². The van der Waals surface area contributed by atoms with Crippen LogP contribution in [0.15, 0.2) is 48.5 Å². The molecule has 2 aromatic carbocycles. The summed E-state index contributed by atoms with van der Waals surface area (Å²) in [5.74, 6) is 1.71. The van der Waals surface area contributed by atoms with Gasteiger partial charge in [-0.25, -0.2) is 0 Å². The highest BCUT2D eigenvalue weighted by Gasteiger charge is 2.33. The van der Waals surface area contributed by atoms with Gasteiger partial charge in [0.15, 0.2) is 0 Å². The maximum absolute atomic E-state index is 12.3. The Balaban J connectivity index is 1.90. The fourth-order valence-electron chi connectivity index (χ4n) is 3.13. The number of ether oxygens (including phenoxy) is 2. The number of carbonyl (C=O) groups is 1. The Morgan fingerprint density at radius 3 is 2.57 bits per heavy atom. The van der Waals surface area contributed by atoms with Gasteiger partial charge in [0.05, 0.1) is 20.3 Å². The Kier molecular flexibility index (Phi) is 4.51. The van der Waals surface area contributed by atoms with E-state index in [4.69, 9.17) is 9.47 Å². The van der Waals surface area contributed by atoms with Crippen LogP contribution >= 0.6 is 0 Å². The maximum Gasteiger partial charge on any atom is 0.223 e. The fourth-order valence-corrected chi connectivity index (χ4v) is 3.13. The van der Waals surface area contributed by atoms with Crippen molar-refractivity contribution in [1.82, 2.24) is 4.90 Å². The van der Waals surface area contributed by atoms with Gasteiger partial charge in [-0.3, -0.25) is 4.79 Å². The highest BCUT2D eigenvalue weighted by Crippen LogP contribution is 2.39. The molecule has 1 fully saturated rings. The number of amides is 1. The number of methoxy groups -OCH3 is 2. The highest BCUT2D eigenvalue weighted by atomic mass is 16.5. The van der Waals surface area contributed by atoms with Gasteiger partial charge in [0.1, 0.15) is 11.5 Å². The molecule has 0 spiro atoms. The second-order valence-electron chi connectivity index (χ2n) is 5.67. The summed E-state index contributed by atoms with van der Waals surface area (Å²) in [5, 5.41) is 0. The molecule has 1 aliphatic rings. The predicted octanol–water partition coefficient (Wildman–Crippen LogP) is 3.57.